The number of nitrogens with one attached hydrogen (secondary N) is 1. The van der Waals surface area contributed by atoms with Gasteiger partial charge in [0.15, 0.2) is 5.78 Å². The molecular formula is C12H15N3O2. The van der Waals surface area contributed by atoms with Gasteiger partial charge in [-0.3, -0.25) is 14.6 Å². The molecule has 5 heteroatoms. The third-order valence-corrected chi connectivity index (χ3v) is 2.77. The zero-order valence-electron chi connectivity index (χ0n) is 10.1. The quantitative estimate of drug-likeness (QED) is 0.708. The first-order valence-electron chi connectivity index (χ1n) is 5.44. The van der Waals surface area contributed by atoms with Crippen LogP contribution in [0, 0.1) is 5.41 Å². The van der Waals surface area contributed by atoms with Gasteiger partial charge in [-0.05, 0) is 11.0 Å². The molecule has 0 amide bonds. The van der Waals surface area contributed by atoms with Crippen molar-refractivity contribution in [1.29, 1.82) is 0 Å². The molecule has 1 aromatic rings. The molecule has 0 aliphatic heterocycles. The topological polar surface area (TPSA) is 88.8 Å². The van der Waals surface area contributed by atoms with E-state index in [2.05, 4.69) is 9.97 Å². The number of Topliss-reactive ketones (excluding diaryl/α,β-unsaturated/α-hetero) is 1. The Bertz CT molecular complexity index is 576. The molecular weight excluding hydrogens is 218 g/mol. The number of aromatic amines is 1. The van der Waals surface area contributed by atoms with E-state index in [9.17, 15) is 9.59 Å². The van der Waals surface area contributed by atoms with Gasteiger partial charge in [-0.2, -0.15) is 0 Å². The summed E-state index contributed by atoms with van der Waals surface area (Å²) in [6.07, 6.45) is 2.07. The number of nitrogens with zero attached hydrogens (tertiary/aromatic N) is 1. The predicted molar refractivity (Wildman–Crippen MR) is 65.6 cm³/mol. The van der Waals surface area contributed by atoms with Gasteiger partial charge in [0.2, 0.25) is 5.95 Å². The van der Waals surface area contributed by atoms with Gasteiger partial charge < -0.3 is 5.73 Å². The standard InChI is InChI=1S/C12H15N3O2/c1-12(2,3)6-4-5-7(16)8-9(6)14-11(13)15-10(8)17/h4H,5H2,1-3H3,(H3,13,14,15,17). The second-order valence-electron chi connectivity index (χ2n) is 5.17. The molecule has 1 aliphatic rings. The van der Waals surface area contributed by atoms with E-state index in [4.69, 9.17) is 5.73 Å². The van der Waals surface area contributed by atoms with Crippen LogP contribution in [0.4, 0.5) is 5.95 Å². The number of hydrogen-bond acceptors (Lipinski definition) is 4. The molecule has 3 N–H and O–H groups in total. The normalized spacial score (nSPS) is 15.5. The van der Waals surface area contributed by atoms with Crippen molar-refractivity contribution < 1.29 is 4.79 Å². The fourth-order valence-corrected chi connectivity index (χ4v) is 2.00. The average molecular weight is 233 g/mol. The molecule has 0 saturated heterocycles. The molecule has 5 nitrogen and oxygen atoms in total. The van der Waals surface area contributed by atoms with E-state index in [1.807, 2.05) is 26.8 Å². The molecule has 0 unspecified atom stereocenters. The lowest BCUT2D eigenvalue weighted by atomic mass is 9.79. The molecule has 17 heavy (non-hydrogen) atoms. The lowest BCUT2D eigenvalue weighted by Crippen LogP contribution is -2.28. The number of anilines is 1. The third-order valence-electron chi connectivity index (χ3n) is 2.77. The fraction of sp³-hybridized carbons (Fsp3) is 0.417. The summed E-state index contributed by atoms with van der Waals surface area (Å²) in [4.78, 5) is 30.0. The lowest BCUT2D eigenvalue weighted by molar-refractivity contribution is 0.0992. The van der Waals surface area contributed by atoms with E-state index in [-0.39, 0.29) is 29.1 Å². The summed E-state index contributed by atoms with van der Waals surface area (Å²) >= 11 is 0. The van der Waals surface area contributed by atoms with E-state index < -0.39 is 5.56 Å². The van der Waals surface area contributed by atoms with Gasteiger partial charge in [0, 0.05) is 6.42 Å². The number of nitrogens with two attached hydrogens (primary N) is 1. The summed E-state index contributed by atoms with van der Waals surface area (Å²) in [6.45, 7) is 6.03. The Morgan fingerprint density at radius 1 is 1.35 bits per heavy atom. The van der Waals surface area contributed by atoms with Gasteiger partial charge in [0.05, 0.1) is 5.69 Å². The van der Waals surface area contributed by atoms with E-state index in [1.165, 1.54) is 0 Å². The van der Waals surface area contributed by atoms with Crippen molar-refractivity contribution in [3.63, 3.8) is 0 Å². The number of ketones is 1. The van der Waals surface area contributed by atoms with E-state index in [0.29, 0.717) is 5.69 Å². The van der Waals surface area contributed by atoms with Crippen LogP contribution < -0.4 is 11.3 Å². The van der Waals surface area contributed by atoms with Crippen LogP contribution in [0.15, 0.2) is 10.9 Å². The van der Waals surface area contributed by atoms with Crippen LogP contribution in [0.25, 0.3) is 5.57 Å². The number of carbonyl (C=O) groups is 1. The minimum atomic E-state index is -0.452. The van der Waals surface area contributed by atoms with Crippen LogP contribution in [-0.4, -0.2) is 15.8 Å². The van der Waals surface area contributed by atoms with Crippen LogP contribution in [-0.2, 0) is 0 Å². The van der Waals surface area contributed by atoms with Crippen molar-refractivity contribution in [2.45, 2.75) is 27.2 Å². The van der Waals surface area contributed by atoms with Crippen molar-refractivity contribution >= 4 is 17.3 Å². The highest BCUT2D eigenvalue weighted by atomic mass is 16.1. The maximum atomic E-state index is 11.7. The maximum Gasteiger partial charge on any atom is 0.263 e. The summed E-state index contributed by atoms with van der Waals surface area (Å²) in [7, 11) is 0. The number of fused-ring (bicyclic) bond motifs is 1. The van der Waals surface area contributed by atoms with Gasteiger partial charge in [-0.1, -0.05) is 26.8 Å². The zero-order chi connectivity index (χ0) is 12.8. The zero-order valence-corrected chi connectivity index (χ0v) is 10.1. The van der Waals surface area contributed by atoms with Gasteiger partial charge in [-0.25, -0.2) is 4.98 Å². The molecule has 90 valence electrons. The molecule has 0 spiro atoms. The first kappa shape index (κ1) is 11.6. The summed E-state index contributed by atoms with van der Waals surface area (Å²) < 4.78 is 0. The number of hydrogen-bond donors (Lipinski definition) is 2. The Kier molecular flexibility index (Phi) is 2.41. The summed E-state index contributed by atoms with van der Waals surface area (Å²) in [5.41, 5.74) is 6.35. The Morgan fingerprint density at radius 2 is 2.00 bits per heavy atom. The number of allylic oxidation sites excluding steroid dienone is 2. The maximum absolute atomic E-state index is 11.7. The summed E-state index contributed by atoms with van der Waals surface area (Å²) in [5, 5.41) is 0. The van der Waals surface area contributed by atoms with Crippen molar-refractivity contribution in [2.24, 2.45) is 5.41 Å². The molecule has 1 aliphatic carbocycles. The summed E-state index contributed by atoms with van der Waals surface area (Å²) in [5.74, 6) is -0.166. The first-order valence-corrected chi connectivity index (χ1v) is 5.44. The molecule has 0 atom stereocenters. The van der Waals surface area contributed by atoms with Crippen molar-refractivity contribution in [2.75, 3.05) is 5.73 Å². The first-order chi connectivity index (χ1) is 7.80. The SMILES string of the molecule is CC(C)(C)C1=CCC(=O)c2c1nc(N)[nH]c2=O. The Hall–Kier alpha value is -1.91. The molecule has 2 rings (SSSR count). The molecule has 0 radical (unpaired) electrons. The summed E-state index contributed by atoms with van der Waals surface area (Å²) in [6, 6.07) is 0. The van der Waals surface area contributed by atoms with Crippen LogP contribution in [0.3, 0.4) is 0 Å². The van der Waals surface area contributed by atoms with Crippen molar-refractivity contribution in [3.8, 4) is 0 Å². The van der Waals surface area contributed by atoms with Gasteiger partial charge in [0.25, 0.3) is 5.56 Å². The van der Waals surface area contributed by atoms with Crippen molar-refractivity contribution in [3.05, 3.63) is 27.7 Å². The Labute approximate surface area is 98.8 Å². The van der Waals surface area contributed by atoms with Gasteiger partial charge >= 0.3 is 0 Å². The second-order valence-corrected chi connectivity index (χ2v) is 5.17. The Morgan fingerprint density at radius 3 is 2.59 bits per heavy atom. The molecule has 0 fully saturated rings. The minimum Gasteiger partial charge on any atom is -0.369 e. The lowest BCUT2D eigenvalue weighted by Gasteiger charge is -2.26. The van der Waals surface area contributed by atoms with Crippen LogP contribution in [0.5, 0.6) is 0 Å². The average Bonchev–Trinajstić information content (AvgIpc) is 2.14. The molecule has 0 saturated carbocycles. The fourth-order valence-electron chi connectivity index (χ4n) is 2.00. The van der Waals surface area contributed by atoms with E-state index in [1.54, 1.807) is 0 Å². The number of nitrogen functional groups attached to an aromatic ring is 1. The smallest absolute Gasteiger partial charge is 0.263 e. The van der Waals surface area contributed by atoms with Gasteiger partial charge in [-0.15, -0.1) is 0 Å². The van der Waals surface area contributed by atoms with E-state index >= 15 is 0 Å². The number of carbonyl (C=O) groups excluding carboxylic acids is 1. The number of aromatic nitrogens is 2. The predicted octanol–water partition coefficient (Wildman–Crippen LogP) is 1.37. The number of rotatable bonds is 0. The van der Waals surface area contributed by atoms with Crippen LogP contribution in [0.1, 0.15) is 43.2 Å². The minimum absolute atomic E-state index is 0.0404. The highest BCUT2D eigenvalue weighted by Gasteiger charge is 2.30. The molecule has 0 aromatic carbocycles. The van der Waals surface area contributed by atoms with Gasteiger partial charge in [0.1, 0.15) is 5.56 Å². The second kappa shape index (κ2) is 3.55. The molecule has 1 heterocycles. The van der Waals surface area contributed by atoms with Crippen LogP contribution in [0.2, 0.25) is 0 Å². The van der Waals surface area contributed by atoms with E-state index in [0.717, 1.165) is 5.57 Å². The largest absolute Gasteiger partial charge is 0.369 e. The highest BCUT2D eigenvalue weighted by molar-refractivity contribution is 6.04. The molecule has 0 bridgehead atoms. The Balaban J connectivity index is 2.76. The van der Waals surface area contributed by atoms with Crippen molar-refractivity contribution in [1.82, 2.24) is 9.97 Å². The highest BCUT2D eigenvalue weighted by Crippen LogP contribution is 2.37. The third kappa shape index (κ3) is 1.88. The number of H-pyrrole nitrogens is 1. The monoisotopic (exact) mass is 233 g/mol. The van der Waals surface area contributed by atoms with Crippen LogP contribution >= 0.6 is 0 Å². The molecule has 1 aromatic heterocycles.